The normalized spacial score (nSPS) is 38.7. The van der Waals surface area contributed by atoms with Crippen LogP contribution >= 0.6 is 15.9 Å². The molecule has 5 rings (SSSR count). The van der Waals surface area contributed by atoms with Crippen molar-refractivity contribution in [1.82, 2.24) is 10.3 Å². The first-order valence-electron chi connectivity index (χ1n) is 8.49. The van der Waals surface area contributed by atoms with E-state index in [4.69, 9.17) is 0 Å². The average molecular weight is 349 g/mol. The fraction of sp³-hybridized carbons (Fsp3) is 0.722. The molecule has 1 aromatic rings. The minimum Gasteiger partial charge on any atom is -0.316 e. The molecule has 0 spiro atoms. The first kappa shape index (κ1) is 14.2. The Balaban J connectivity index is 1.53. The predicted molar refractivity (Wildman–Crippen MR) is 89.0 cm³/mol. The molecule has 4 aliphatic rings. The van der Waals surface area contributed by atoms with E-state index in [-0.39, 0.29) is 0 Å². The SMILES string of the molecule is CNC(Cc1cncc(Br)c1)C1C2CC3CC(C2)CC1C3. The molecule has 1 atom stereocenters. The second-order valence-corrected chi connectivity index (χ2v) is 8.53. The number of pyridine rings is 1. The Kier molecular flexibility index (Phi) is 3.83. The molecule has 0 saturated heterocycles. The largest absolute Gasteiger partial charge is 0.316 e. The summed E-state index contributed by atoms with van der Waals surface area (Å²) in [4.78, 5) is 4.33. The maximum atomic E-state index is 4.33. The summed E-state index contributed by atoms with van der Waals surface area (Å²) in [6.07, 6.45) is 12.6. The molecule has 4 aliphatic carbocycles. The lowest BCUT2D eigenvalue weighted by molar-refractivity contribution is -0.0507. The van der Waals surface area contributed by atoms with E-state index < -0.39 is 0 Å². The van der Waals surface area contributed by atoms with Gasteiger partial charge < -0.3 is 5.32 Å². The summed E-state index contributed by atoms with van der Waals surface area (Å²) in [5, 5.41) is 3.65. The van der Waals surface area contributed by atoms with Crippen LogP contribution in [0.15, 0.2) is 22.9 Å². The first-order valence-corrected chi connectivity index (χ1v) is 9.29. The average Bonchev–Trinajstić information content (AvgIpc) is 2.45. The van der Waals surface area contributed by atoms with Crippen LogP contribution in [0, 0.1) is 29.6 Å². The maximum absolute atomic E-state index is 4.33. The van der Waals surface area contributed by atoms with Crippen molar-refractivity contribution in [1.29, 1.82) is 0 Å². The zero-order valence-corrected chi connectivity index (χ0v) is 14.3. The van der Waals surface area contributed by atoms with Crippen molar-refractivity contribution in [3.8, 4) is 0 Å². The zero-order chi connectivity index (χ0) is 14.4. The molecule has 1 aromatic heterocycles. The van der Waals surface area contributed by atoms with E-state index >= 15 is 0 Å². The van der Waals surface area contributed by atoms with E-state index in [1.807, 2.05) is 12.4 Å². The highest BCUT2D eigenvalue weighted by atomic mass is 79.9. The van der Waals surface area contributed by atoms with Crippen LogP contribution in [-0.4, -0.2) is 18.1 Å². The second kappa shape index (κ2) is 5.66. The summed E-state index contributed by atoms with van der Waals surface area (Å²) >= 11 is 3.55. The summed E-state index contributed by atoms with van der Waals surface area (Å²) in [6.45, 7) is 0. The number of hydrogen-bond donors (Lipinski definition) is 1. The summed E-state index contributed by atoms with van der Waals surface area (Å²) in [5.41, 5.74) is 1.36. The van der Waals surface area contributed by atoms with Gasteiger partial charge in [-0.2, -0.15) is 0 Å². The highest BCUT2D eigenvalue weighted by molar-refractivity contribution is 9.10. The molecule has 3 heteroatoms. The van der Waals surface area contributed by atoms with Crippen LogP contribution in [0.5, 0.6) is 0 Å². The van der Waals surface area contributed by atoms with Crippen LogP contribution in [0.25, 0.3) is 0 Å². The van der Waals surface area contributed by atoms with Gasteiger partial charge in [-0.3, -0.25) is 4.98 Å². The molecule has 114 valence electrons. The number of rotatable bonds is 4. The van der Waals surface area contributed by atoms with E-state index in [1.54, 1.807) is 6.42 Å². The molecule has 0 aliphatic heterocycles. The lowest BCUT2D eigenvalue weighted by atomic mass is 9.50. The molecular weight excluding hydrogens is 324 g/mol. The fourth-order valence-corrected chi connectivity index (χ4v) is 6.29. The van der Waals surface area contributed by atoms with Crippen molar-refractivity contribution in [2.45, 2.75) is 44.6 Å². The smallest absolute Gasteiger partial charge is 0.0410 e. The predicted octanol–water partition coefficient (Wildman–Crippen LogP) is 4.05. The number of halogens is 1. The van der Waals surface area contributed by atoms with Gasteiger partial charge in [0.05, 0.1) is 0 Å². The molecule has 4 bridgehead atoms. The topological polar surface area (TPSA) is 24.9 Å². The number of aromatic nitrogens is 1. The second-order valence-electron chi connectivity index (χ2n) is 7.62. The van der Waals surface area contributed by atoms with Gasteiger partial charge in [-0.1, -0.05) is 0 Å². The Morgan fingerprint density at radius 2 is 1.81 bits per heavy atom. The molecule has 1 unspecified atom stereocenters. The van der Waals surface area contributed by atoms with Crippen LogP contribution in [-0.2, 0) is 6.42 Å². The molecule has 4 saturated carbocycles. The summed E-state index contributed by atoms with van der Waals surface area (Å²) in [6, 6.07) is 2.85. The van der Waals surface area contributed by atoms with Crippen molar-refractivity contribution in [2.75, 3.05) is 7.05 Å². The minimum absolute atomic E-state index is 0.621. The highest BCUT2D eigenvalue weighted by Crippen LogP contribution is 2.57. The molecule has 1 heterocycles. The first-order chi connectivity index (χ1) is 10.2. The van der Waals surface area contributed by atoms with Crippen LogP contribution in [0.1, 0.15) is 37.7 Å². The number of likely N-dealkylation sites (N-methyl/N-ethyl adjacent to an activating group) is 1. The van der Waals surface area contributed by atoms with Crippen molar-refractivity contribution in [3.05, 3.63) is 28.5 Å². The van der Waals surface area contributed by atoms with Gasteiger partial charge in [0.15, 0.2) is 0 Å². The van der Waals surface area contributed by atoms with Crippen LogP contribution in [0.2, 0.25) is 0 Å². The zero-order valence-electron chi connectivity index (χ0n) is 12.8. The Bertz CT molecular complexity index is 488. The van der Waals surface area contributed by atoms with E-state index in [2.05, 4.69) is 39.3 Å². The van der Waals surface area contributed by atoms with Crippen LogP contribution in [0.4, 0.5) is 0 Å². The molecule has 0 radical (unpaired) electrons. The molecule has 21 heavy (non-hydrogen) atoms. The van der Waals surface area contributed by atoms with Gasteiger partial charge in [0.2, 0.25) is 0 Å². The van der Waals surface area contributed by atoms with E-state index in [0.717, 1.165) is 40.5 Å². The molecule has 4 fully saturated rings. The van der Waals surface area contributed by atoms with Crippen molar-refractivity contribution in [2.24, 2.45) is 29.6 Å². The summed E-state index contributed by atoms with van der Waals surface area (Å²) in [5.74, 6) is 4.99. The quantitative estimate of drug-likeness (QED) is 0.887. The minimum atomic E-state index is 0.621. The fourth-order valence-electron chi connectivity index (χ4n) is 5.88. The van der Waals surface area contributed by atoms with Gasteiger partial charge >= 0.3 is 0 Å². The Hall–Kier alpha value is -0.410. The summed E-state index contributed by atoms with van der Waals surface area (Å²) in [7, 11) is 2.15. The lowest BCUT2D eigenvalue weighted by Gasteiger charge is -2.56. The van der Waals surface area contributed by atoms with Gasteiger partial charge in [0.1, 0.15) is 0 Å². The van der Waals surface area contributed by atoms with Gasteiger partial charge in [0, 0.05) is 22.9 Å². The van der Waals surface area contributed by atoms with Crippen LogP contribution < -0.4 is 5.32 Å². The third-order valence-corrected chi connectivity index (χ3v) is 6.79. The number of nitrogens with one attached hydrogen (secondary N) is 1. The molecule has 2 nitrogen and oxygen atoms in total. The lowest BCUT2D eigenvalue weighted by Crippen LogP contribution is -2.53. The van der Waals surface area contributed by atoms with Gasteiger partial charge in [-0.25, -0.2) is 0 Å². The van der Waals surface area contributed by atoms with E-state index in [1.165, 1.54) is 31.2 Å². The van der Waals surface area contributed by atoms with Crippen LogP contribution in [0.3, 0.4) is 0 Å². The monoisotopic (exact) mass is 348 g/mol. The van der Waals surface area contributed by atoms with Gasteiger partial charge in [-0.05, 0) is 103 Å². The molecular formula is C18H25BrN2. The Morgan fingerprint density at radius 3 is 2.38 bits per heavy atom. The van der Waals surface area contributed by atoms with Gasteiger partial charge in [0.25, 0.3) is 0 Å². The number of hydrogen-bond acceptors (Lipinski definition) is 2. The summed E-state index contributed by atoms with van der Waals surface area (Å²) < 4.78 is 1.10. The van der Waals surface area contributed by atoms with E-state index in [0.29, 0.717) is 6.04 Å². The highest BCUT2D eigenvalue weighted by Gasteiger charge is 2.50. The van der Waals surface area contributed by atoms with Crippen molar-refractivity contribution in [3.63, 3.8) is 0 Å². The van der Waals surface area contributed by atoms with E-state index in [9.17, 15) is 0 Å². The van der Waals surface area contributed by atoms with Crippen molar-refractivity contribution >= 4 is 15.9 Å². The van der Waals surface area contributed by atoms with Gasteiger partial charge in [-0.15, -0.1) is 0 Å². The van der Waals surface area contributed by atoms with Crippen molar-refractivity contribution < 1.29 is 0 Å². The third kappa shape index (κ3) is 2.68. The maximum Gasteiger partial charge on any atom is 0.0410 e. The molecule has 0 amide bonds. The number of nitrogens with zero attached hydrogens (tertiary/aromatic N) is 1. The Morgan fingerprint density at radius 1 is 1.14 bits per heavy atom. The molecule has 0 aromatic carbocycles. The standard InChI is InChI=1S/C18H25BrN2/c1-20-17(8-13-7-16(19)10-21-9-13)18-14-3-11-2-12(5-14)6-15(18)4-11/h7,9-12,14-15,17-18,20H,2-6,8H2,1H3. The Labute approximate surface area is 136 Å². The molecule has 1 N–H and O–H groups in total. The third-order valence-electron chi connectivity index (χ3n) is 6.35.